The number of aromatic nitrogens is 3. The Morgan fingerprint density at radius 1 is 1.29 bits per heavy atom. The van der Waals surface area contributed by atoms with Gasteiger partial charge in [0, 0.05) is 24.5 Å². The van der Waals surface area contributed by atoms with Crippen LogP contribution in [0.25, 0.3) is 10.9 Å². The van der Waals surface area contributed by atoms with Gasteiger partial charge >= 0.3 is 0 Å². The zero-order valence-electron chi connectivity index (χ0n) is 11.6. The normalized spacial score (nSPS) is 10.7. The van der Waals surface area contributed by atoms with Gasteiger partial charge in [-0.05, 0) is 12.1 Å². The molecular weight excluding hydrogens is 266 g/mol. The topological polar surface area (TPSA) is 85.8 Å². The number of benzene rings is 1. The van der Waals surface area contributed by atoms with Gasteiger partial charge < -0.3 is 11.1 Å². The van der Waals surface area contributed by atoms with Crippen molar-refractivity contribution in [1.29, 1.82) is 0 Å². The van der Waals surface area contributed by atoms with Crippen LogP contribution in [0.1, 0.15) is 16.1 Å². The van der Waals surface area contributed by atoms with Crippen LogP contribution < -0.4 is 11.1 Å². The molecule has 0 spiro atoms. The van der Waals surface area contributed by atoms with E-state index in [4.69, 9.17) is 5.73 Å². The highest BCUT2D eigenvalue weighted by atomic mass is 16.1. The summed E-state index contributed by atoms with van der Waals surface area (Å²) < 4.78 is 1.57. The molecule has 3 N–H and O–H groups in total. The summed E-state index contributed by atoms with van der Waals surface area (Å²) in [7, 11) is 1.76. The molecule has 21 heavy (non-hydrogen) atoms. The zero-order valence-corrected chi connectivity index (χ0v) is 11.6. The molecule has 0 saturated heterocycles. The van der Waals surface area contributed by atoms with E-state index in [2.05, 4.69) is 15.4 Å². The molecule has 6 heteroatoms. The molecule has 2 aromatic heterocycles. The summed E-state index contributed by atoms with van der Waals surface area (Å²) >= 11 is 0. The van der Waals surface area contributed by atoms with E-state index in [9.17, 15) is 4.79 Å². The van der Waals surface area contributed by atoms with Crippen LogP contribution in [0, 0.1) is 0 Å². The average molecular weight is 281 g/mol. The minimum absolute atomic E-state index is 0.232. The lowest BCUT2D eigenvalue weighted by molar-refractivity contribution is 0.0946. The summed E-state index contributed by atoms with van der Waals surface area (Å²) in [6.45, 7) is 0.326. The molecule has 106 valence electrons. The Kier molecular flexibility index (Phi) is 3.27. The SMILES string of the molecule is Cn1ncc(CNC(=O)c2ccc3ccccc3n2)c1N. The van der Waals surface area contributed by atoms with Gasteiger partial charge in [0.25, 0.3) is 5.91 Å². The number of nitrogens with two attached hydrogens (primary N) is 1. The zero-order chi connectivity index (χ0) is 14.8. The van der Waals surface area contributed by atoms with Gasteiger partial charge in [-0.1, -0.05) is 24.3 Å². The monoisotopic (exact) mass is 281 g/mol. The van der Waals surface area contributed by atoms with E-state index in [0.717, 1.165) is 16.5 Å². The first kappa shape index (κ1) is 13.1. The van der Waals surface area contributed by atoms with Gasteiger partial charge in [0.15, 0.2) is 0 Å². The fourth-order valence-corrected chi connectivity index (χ4v) is 2.09. The number of pyridine rings is 1. The smallest absolute Gasteiger partial charge is 0.270 e. The number of anilines is 1. The quantitative estimate of drug-likeness (QED) is 0.761. The van der Waals surface area contributed by atoms with Crippen LogP contribution in [0.2, 0.25) is 0 Å². The minimum Gasteiger partial charge on any atom is -0.384 e. The molecule has 0 bridgehead atoms. The highest BCUT2D eigenvalue weighted by Crippen LogP contribution is 2.12. The number of rotatable bonds is 3. The molecule has 1 amide bonds. The first-order valence-corrected chi connectivity index (χ1v) is 6.55. The minimum atomic E-state index is -0.232. The number of fused-ring (bicyclic) bond motifs is 1. The van der Waals surface area contributed by atoms with Crippen molar-refractivity contribution in [2.75, 3.05) is 5.73 Å². The highest BCUT2D eigenvalue weighted by molar-refractivity contribution is 5.94. The number of nitrogens with one attached hydrogen (secondary N) is 1. The van der Waals surface area contributed by atoms with Crippen molar-refractivity contribution in [2.24, 2.45) is 7.05 Å². The summed E-state index contributed by atoms with van der Waals surface area (Å²) in [5, 5.41) is 7.84. The largest absolute Gasteiger partial charge is 0.384 e. The maximum atomic E-state index is 12.1. The van der Waals surface area contributed by atoms with E-state index in [-0.39, 0.29) is 5.91 Å². The van der Waals surface area contributed by atoms with Crippen molar-refractivity contribution in [2.45, 2.75) is 6.54 Å². The molecular formula is C15H15N5O. The molecule has 1 aromatic carbocycles. The number of para-hydroxylation sites is 1. The molecule has 0 saturated carbocycles. The second-order valence-electron chi connectivity index (χ2n) is 4.75. The molecule has 0 aliphatic carbocycles. The number of carbonyl (C=O) groups excluding carboxylic acids is 1. The molecule has 0 fully saturated rings. The summed E-state index contributed by atoms with van der Waals surface area (Å²) in [6.07, 6.45) is 1.64. The van der Waals surface area contributed by atoms with E-state index in [0.29, 0.717) is 18.1 Å². The Balaban J connectivity index is 1.76. The third-order valence-electron chi connectivity index (χ3n) is 3.33. The second kappa shape index (κ2) is 5.24. The van der Waals surface area contributed by atoms with Crippen LogP contribution in [0.5, 0.6) is 0 Å². The van der Waals surface area contributed by atoms with Gasteiger partial charge in [0.05, 0.1) is 11.7 Å². The van der Waals surface area contributed by atoms with Crippen LogP contribution in [-0.4, -0.2) is 20.7 Å². The summed E-state index contributed by atoms with van der Waals surface area (Å²) in [4.78, 5) is 16.5. The molecule has 2 heterocycles. The molecule has 0 atom stereocenters. The number of aryl methyl sites for hydroxylation is 1. The van der Waals surface area contributed by atoms with Gasteiger partial charge in [0.2, 0.25) is 0 Å². The first-order chi connectivity index (χ1) is 10.1. The van der Waals surface area contributed by atoms with Crippen molar-refractivity contribution in [3.63, 3.8) is 0 Å². The average Bonchev–Trinajstić information content (AvgIpc) is 2.84. The lowest BCUT2D eigenvalue weighted by Gasteiger charge is -2.05. The van der Waals surface area contributed by atoms with Crippen molar-refractivity contribution in [3.05, 3.63) is 53.9 Å². The molecule has 3 aromatic rings. The lowest BCUT2D eigenvalue weighted by Crippen LogP contribution is -2.24. The van der Waals surface area contributed by atoms with Gasteiger partial charge in [-0.2, -0.15) is 5.10 Å². The number of nitrogens with zero attached hydrogens (tertiary/aromatic N) is 3. The predicted molar refractivity (Wildman–Crippen MR) is 80.5 cm³/mol. The Morgan fingerprint density at radius 3 is 2.86 bits per heavy atom. The summed E-state index contributed by atoms with van der Waals surface area (Å²) in [6, 6.07) is 11.3. The van der Waals surface area contributed by atoms with E-state index >= 15 is 0 Å². The van der Waals surface area contributed by atoms with Crippen LogP contribution in [-0.2, 0) is 13.6 Å². The standard InChI is InChI=1S/C15H15N5O/c1-20-14(16)11(9-18-20)8-17-15(21)13-7-6-10-4-2-3-5-12(10)19-13/h2-7,9H,8,16H2,1H3,(H,17,21). The Bertz CT molecular complexity index is 809. The number of hydrogen-bond acceptors (Lipinski definition) is 4. The molecule has 0 radical (unpaired) electrons. The fourth-order valence-electron chi connectivity index (χ4n) is 2.09. The maximum Gasteiger partial charge on any atom is 0.270 e. The first-order valence-electron chi connectivity index (χ1n) is 6.55. The van der Waals surface area contributed by atoms with E-state index in [1.54, 1.807) is 24.0 Å². The van der Waals surface area contributed by atoms with E-state index in [1.807, 2.05) is 30.3 Å². The third-order valence-corrected chi connectivity index (χ3v) is 3.33. The molecule has 0 aliphatic heterocycles. The number of carbonyl (C=O) groups is 1. The molecule has 3 rings (SSSR count). The lowest BCUT2D eigenvalue weighted by atomic mass is 10.2. The van der Waals surface area contributed by atoms with Gasteiger partial charge in [0.1, 0.15) is 11.5 Å². The van der Waals surface area contributed by atoms with Crippen LogP contribution in [0.3, 0.4) is 0 Å². The third kappa shape index (κ3) is 2.55. The van der Waals surface area contributed by atoms with Gasteiger partial charge in [-0.3, -0.25) is 9.48 Å². The number of hydrogen-bond donors (Lipinski definition) is 2. The van der Waals surface area contributed by atoms with Crippen molar-refractivity contribution < 1.29 is 4.79 Å². The van der Waals surface area contributed by atoms with Crippen molar-refractivity contribution in [1.82, 2.24) is 20.1 Å². The predicted octanol–water partition coefficient (Wildman–Crippen LogP) is 1.48. The number of nitrogen functional groups attached to an aromatic ring is 1. The fraction of sp³-hybridized carbons (Fsp3) is 0.133. The van der Waals surface area contributed by atoms with Crippen molar-refractivity contribution in [3.8, 4) is 0 Å². The van der Waals surface area contributed by atoms with Crippen molar-refractivity contribution >= 4 is 22.6 Å². The van der Waals surface area contributed by atoms with Crippen LogP contribution >= 0.6 is 0 Å². The Morgan fingerprint density at radius 2 is 2.10 bits per heavy atom. The van der Waals surface area contributed by atoms with E-state index < -0.39 is 0 Å². The summed E-state index contributed by atoms with van der Waals surface area (Å²) in [5.74, 6) is 0.311. The Hall–Kier alpha value is -2.89. The maximum absolute atomic E-state index is 12.1. The highest BCUT2D eigenvalue weighted by Gasteiger charge is 2.10. The Labute approximate surface area is 121 Å². The molecule has 6 nitrogen and oxygen atoms in total. The van der Waals surface area contributed by atoms with Gasteiger partial charge in [-0.15, -0.1) is 0 Å². The summed E-state index contributed by atoms with van der Waals surface area (Å²) in [5.41, 5.74) is 7.80. The molecule has 0 unspecified atom stereocenters. The van der Waals surface area contributed by atoms with Crippen LogP contribution in [0.4, 0.5) is 5.82 Å². The van der Waals surface area contributed by atoms with Gasteiger partial charge in [-0.25, -0.2) is 4.98 Å². The van der Waals surface area contributed by atoms with Crippen LogP contribution in [0.15, 0.2) is 42.6 Å². The second-order valence-corrected chi connectivity index (χ2v) is 4.75. The van der Waals surface area contributed by atoms with E-state index in [1.165, 1.54) is 0 Å². The number of amides is 1. The molecule has 0 aliphatic rings.